The molecule has 1 atom stereocenters. The quantitative estimate of drug-likeness (QED) is 0.784. The second-order valence-corrected chi connectivity index (χ2v) is 4.77. The number of aryl methyl sites for hydroxylation is 1. The highest BCUT2D eigenvalue weighted by molar-refractivity contribution is 5.81. The van der Waals surface area contributed by atoms with E-state index in [9.17, 15) is 0 Å². The molecule has 1 aromatic carbocycles. The van der Waals surface area contributed by atoms with Crippen LogP contribution in [0, 0.1) is 0 Å². The summed E-state index contributed by atoms with van der Waals surface area (Å²) in [6, 6.07) is 10.4. The van der Waals surface area contributed by atoms with Gasteiger partial charge in [-0.3, -0.25) is 4.68 Å². The molecule has 0 bridgehead atoms. The summed E-state index contributed by atoms with van der Waals surface area (Å²) >= 11 is 0. The molecule has 0 aliphatic rings. The van der Waals surface area contributed by atoms with Crippen LogP contribution in [0.4, 0.5) is 0 Å². The zero-order valence-electron chi connectivity index (χ0n) is 11.6. The van der Waals surface area contributed by atoms with Gasteiger partial charge >= 0.3 is 0 Å². The zero-order chi connectivity index (χ0) is 13.9. The van der Waals surface area contributed by atoms with Crippen LogP contribution in [0.3, 0.4) is 0 Å². The number of fused-ring (bicyclic) bond motifs is 1. The van der Waals surface area contributed by atoms with Crippen molar-refractivity contribution in [3.8, 4) is 0 Å². The predicted molar refractivity (Wildman–Crippen MR) is 78.3 cm³/mol. The van der Waals surface area contributed by atoms with Crippen molar-refractivity contribution < 1.29 is 0 Å². The fraction of sp³-hybridized carbons (Fsp3) is 0.267. The third-order valence-electron chi connectivity index (χ3n) is 3.54. The number of para-hydroxylation sites is 1. The van der Waals surface area contributed by atoms with E-state index < -0.39 is 0 Å². The first-order valence-corrected chi connectivity index (χ1v) is 6.63. The molecule has 0 radical (unpaired) electrons. The van der Waals surface area contributed by atoms with Crippen molar-refractivity contribution >= 4 is 10.9 Å². The molecule has 0 saturated heterocycles. The van der Waals surface area contributed by atoms with Gasteiger partial charge in [0.25, 0.3) is 0 Å². The van der Waals surface area contributed by atoms with E-state index in [1.54, 1.807) is 12.5 Å². The topological polar surface area (TPSA) is 55.6 Å². The third kappa shape index (κ3) is 2.28. The summed E-state index contributed by atoms with van der Waals surface area (Å²) in [5.74, 6) is 0. The molecular weight excluding hydrogens is 250 g/mol. The number of hydrogen-bond donors (Lipinski definition) is 1. The number of nitrogens with one attached hydrogen (secondary N) is 1. The number of nitrogens with zero attached hydrogens (tertiary/aromatic N) is 4. The predicted octanol–water partition coefficient (Wildman–Crippen LogP) is 1.87. The lowest BCUT2D eigenvalue weighted by molar-refractivity contribution is 0.563. The lowest BCUT2D eigenvalue weighted by atomic mass is 10.1. The second kappa shape index (κ2) is 5.38. The Hall–Kier alpha value is -2.27. The van der Waals surface area contributed by atoms with Crippen molar-refractivity contribution in [1.82, 2.24) is 25.1 Å². The molecule has 5 nitrogen and oxygen atoms in total. The van der Waals surface area contributed by atoms with Crippen LogP contribution in [-0.4, -0.2) is 26.8 Å². The van der Waals surface area contributed by atoms with Gasteiger partial charge in [0, 0.05) is 25.1 Å². The smallest absolute Gasteiger partial charge is 0.115 e. The molecule has 102 valence electrons. The van der Waals surface area contributed by atoms with Crippen LogP contribution in [0.15, 0.2) is 42.9 Å². The minimum atomic E-state index is 0.135. The Morgan fingerprint density at radius 1 is 1.25 bits per heavy atom. The maximum absolute atomic E-state index is 4.64. The van der Waals surface area contributed by atoms with Crippen molar-refractivity contribution in [2.24, 2.45) is 7.05 Å². The molecule has 5 heteroatoms. The molecule has 3 rings (SSSR count). The van der Waals surface area contributed by atoms with Crippen molar-refractivity contribution in [3.05, 3.63) is 54.2 Å². The summed E-state index contributed by atoms with van der Waals surface area (Å²) in [5.41, 5.74) is 3.22. The first kappa shape index (κ1) is 12.7. The largest absolute Gasteiger partial charge is 0.311 e. The highest BCUT2D eigenvalue weighted by Gasteiger charge is 2.16. The summed E-state index contributed by atoms with van der Waals surface area (Å²) < 4.78 is 1.93. The fourth-order valence-electron chi connectivity index (χ4n) is 2.49. The maximum atomic E-state index is 4.64. The van der Waals surface area contributed by atoms with Crippen LogP contribution in [0.2, 0.25) is 0 Å². The molecular formula is C15H17N5. The number of rotatable bonds is 4. The van der Waals surface area contributed by atoms with Crippen LogP contribution in [-0.2, 0) is 13.5 Å². The third-order valence-corrected chi connectivity index (χ3v) is 3.54. The van der Waals surface area contributed by atoms with E-state index in [-0.39, 0.29) is 6.04 Å². The van der Waals surface area contributed by atoms with Gasteiger partial charge in [-0.15, -0.1) is 0 Å². The molecule has 0 fully saturated rings. The zero-order valence-corrected chi connectivity index (χ0v) is 11.6. The Morgan fingerprint density at radius 2 is 2.10 bits per heavy atom. The summed E-state index contributed by atoms with van der Waals surface area (Å²) in [6.07, 6.45) is 4.15. The molecule has 0 aliphatic carbocycles. The monoisotopic (exact) mass is 267 g/mol. The van der Waals surface area contributed by atoms with Gasteiger partial charge in [-0.2, -0.15) is 5.10 Å². The van der Waals surface area contributed by atoms with Gasteiger partial charge in [-0.05, 0) is 19.2 Å². The Balaban J connectivity index is 1.96. The normalized spacial score (nSPS) is 12.7. The van der Waals surface area contributed by atoms with Crippen molar-refractivity contribution in [2.75, 3.05) is 7.05 Å². The number of likely N-dealkylation sites (N-methyl/N-ethyl adjacent to an activating group) is 1. The Bertz CT molecular complexity index is 705. The SMILES string of the molecule is CNC(Cc1nn(C)c2ccccc12)c1ccncn1. The van der Waals surface area contributed by atoms with Crippen molar-refractivity contribution in [2.45, 2.75) is 12.5 Å². The maximum Gasteiger partial charge on any atom is 0.115 e. The average Bonchev–Trinajstić information content (AvgIpc) is 2.82. The van der Waals surface area contributed by atoms with Gasteiger partial charge in [-0.25, -0.2) is 9.97 Å². The van der Waals surface area contributed by atoms with Crippen LogP contribution < -0.4 is 5.32 Å². The van der Waals surface area contributed by atoms with Gasteiger partial charge < -0.3 is 5.32 Å². The summed E-state index contributed by atoms with van der Waals surface area (Å²) in [7, 11) is 3.92. The minimum Gasteiger partial charge on any atom is -0.311 e. The van der Waals surface area contributed by atoms with E-state index in [0.717, 1.165) is 23.3 Å². The number of aromatic nitrogens is 4. The van der Waals surface area contributed by atoms with E-state index in [0.29, 0.717) is 0 Å². The molecule has 3 aromatic rings. The summed E-state index contributed by atoms with van der Waals surface area (Å²) in [4.78, 5) is 8.29. The van der Waals surface area contributed by atoms with Gasteiger partial charge in [0.05, 0.1) is 22.9 Å². The average molecular weight is 267 g/mol. The van der Waals surface area contributed by atoms with E-state index in [4.69, 9.17) is 0 Å². The van der Waals surface area contributed by atoms with Gasteiger partial charge in [0.2, 0.25) is 0 Å². The van der Waals surface area contributed by atoms with Gasteiger partial charge in [0.15, 0.2) is 0 Å². The highest BCUT2D eigenvalue weighted by Crippen LogP contribution is 2.22. The van der Waals surface area contributed by atoms with Crippen LogP contribution >= 0.6 is 0 Å². The van der Waals surface area contributed by atoms with E-state index in [1.807, 2.05) is 37.0 Å². The minimum absolute atomic E-state index is 0.135. The van der Waals surface area contributed by atoms with Crippen LogP contribution in [0.5, 0.6) is 0 Å². The number of benzene rings is 1. The molecule has 0 aliphatic heterocycles. The Labute approximate surface area is 117 Å². The molecule has 1 N–H and O–H groups in total. The molecule has 2 aromatic heterocycles. The first-order chi connectivity index (χ1) is 9.79. The second-order valence-electron chi connectivity index (χ2n) is 4.77. The highest BCUT2D eigenvalue weighted by atomic mass is 15.3. The Morgan fingerprint density at radius 3 is 2.85 bits per heavy atom. The summed E-state index contributed by atoms with van der Waals surface area (Å²) in [5, 5.41) is 9.14. The van der Waals surface area contributed by atoms with Crippen molar-refractivity contribution in [3.63, 3.8) is 0 Å². The first-order valence-electron chi connectivity index (χ1n) is 6.63. The molecule has 0 amide bonds. The van der Waals surface area contributed by atoms with Gasteiger partial charge in [-0.1, -0.05) is 18.2 Å². The van der Waals surface area contributed by atoms with Crippen molar-refractivity contribution in [1.29, 1.82) is 0 Å². The molecule has 20 heavy (non-hydrogen) atoms. The van der Waals surface area contributed by atoms with E-state index >= 15 is 0 Å². The van der Waals surface area contributed by atoms with Crippen LogP contribution in [0.1, 0.15) is 17.4 Å². The summed E-state index contributed by atoms with van der Waals surface area (Å²) in [6.45, 7) is 0. The fourth-order valence-corrected chi connectivity index (χ4v) is 2.49. The number of hydrogen-bond acceptors (Lipinski definition) is 4. The molecule has 0 spiro atoms. The standard InChI is InChI=1S/C15H17N5/c1-16-14(12-7-8-17-10-18-12)9-13-11-5-3-4-6-15(11)20(2)19-13/h3-8,10,14,16H,9H2,1-2H3. The van der Waals surface area contributed by atoms with E-state index in [2.05, 4.69) is 32.5 Å². The molecule has 2 heterocycles. The molecule has 0 saturated carbocycles. The molecule has 1 unspecified atom stereocenters. The lowest BCUT2D eigenvalue weighted by Crippen LogP contribution is -2.20. The lowest BCUT2D eigenvalue weighted by Gasteiger charge is -2.14. The van der Waals surface area contributed by atoms with E-state index in [1.165, 1.54) is 5.39 Å². The van der Waals surface area contributed by atoms with Crippen LogP contribution in [0.25, 0.3) is 10.9 Å². The Kier molecular flexibility index (Phi) is 3.43. The van der Waals surface area contributed by atoms with Gasteiger partial charge in [0.1, 0.15) is 6.33 Å².